The Kier molecular flexibility index (Phi) is 4.52. The summed E-state index contributed by atoms with van der Waals surface area (Å²) in [5.41, 5.74) is 1.05. The highest BCUT2D eigenvalue weighted by Gasteiger charge is 2.50. The quantitative estimate of drug-likeness (QED) is 0.868. The molecule has 5 atom stereocenters. The molecule has 122 valence electrons. The van der Waals surface area contributed by atoms with Crippen molar-refractivity contribution in [3.8, 4) is 0 Å². The van der Waals surface area contributed by atoms with E-state index in [1.165, 1.54) is 0 Å². The number of benzene rings is 1. The normalized spacial score (nSPS) is 35.1. The number of hydrogen-bond donors (Lipinski definition) is 2. The predicted octanol–water partition coefficient (Wildman–Crippen LogP) is 1.81. The zero-order valence-electron chi connectivity index (χ0n) is 13.0. The molecule has 1 aliphatic carbocycles. The minimum absolute atomic E-state index is 0.0270. The van der Waals surface area contributed by atoms with Gasteiger partial charge in [0.1, 0.15) is 6.10 Å². The predicted molar refractivity (Wildman–Crippen MR) is 79.8 cm³/mol. The molecule has 1 saturated carbocycles. The van der Waals surface area contributed by atoms with Gasteiger partial charge in [0.15, 0.2) is 12.1 Å². The van der Waals surface area contributed by atoms with Gasteiger partial charge in [0, 0.05) is 5.92 Å². The van der Waals surface area contributed by atoms with E-state index in [-0.39, 0.29) is 12.0 Å². The Balaban J connectivity index is 1.70. The largest absolute Gasteiger partial charge is 0.393 e. The minimum atomic E-state index is -1.04. The summed E-state index contributed by atoms with van der Waals surface area (Å²) in [4.78, 5) is 0. The summed E-state index contributed by atoms with van der Waals surface area (Å²) in [6, 6.07) is 9.84. The average molecular weight is 308 g/mol. The molecule has 1 aromatic rings. The summed E-state index contributed by atoms with van der Waals surface area (Å²) in [7, 11) is 0. The molecule has 2 fully saturated rings. The van der Waals surface area contributed by atoms with Gasteiger partial charge in [-0.2, -0.15) is 0 Å². The first-order valence-electron chi connectivity index (χ1n) is 7.83. The summed E-state index contributed by atoms with van der Waals surface area (Å²) in [6.07, 6.45) is -0.778. The van der Waals surface area contributed by atoms with Crippen LogP contribution in [0.15, 0.2) is 30.3 Å². The van der Waals surface area contributed by atoms with Crippen molar-refractivity contribution in [2.75, 3.05) is 0 Å². The molecule has 5 heteroatoms. The van der Waals surface area contributed by atoms with Crippen molar-refractivity contribution in [1.29, 1.82) is 0 Å². The van der Waals surface area contributed by atoms with E-state index in [9.17, 15) is 10.2 Å². The minimum Gasteiger partial charge on any atom is -0.393 e. The van der Waals surface area contributed by atoms with Gasteiger partial charge in [-0.1, -0.05) is 30.3 Å². The third-order valence-corrected chi connectivity index (χ3v) is 4.43. The lowest BCUT2D eigenvalue weighted by Crippen LogP contribution is -2.50. The van der Waals surface area contributed by atoms with Crippen LogP contribution in [-0.2, 0) is 20.8 Å². The maximum Gasteiger partial charge on any atom is 0.187 e. The van der Waals surface area contributed by atoms with Crippen molar-refractivity contribution < 1.29 is 24.4 Å². The van der Waals surface area contributed by atoms with Crippen molar-refractivity contribution in [2.24, 2.45) is 5.92 Å². The van der Waals surface area contributed by atoms with Gasteiger partial charge in [-0.25, -0.2) is 0 Å². The Morgan fingerprint density at radius 3 is 2.41 bits per heavy atom. The van der Waals surface area contributed by atoms with E-state index < -0.39 is 24.3 Å². The highest BCUT2D eigenvalue weighted by molar-refractivity contribution is 5.13. The molecule has 1 aliphatic heterocycles. The van der Waals surface area contributed by atoms with Crippen LogP contribution in [0.3, 0.4) is 0 Å². The maximum absolute atomic E-state index is 10.1. The van der Waals surface area contributed by atoms with E-state index in [1.807, 2.05) is 30.3 Å². The zero-order chi connectivity index (χ0) is 15.7. The van der Waals surface area contributed by atoms with Gasteiger partial charge in [0.25, 0.3) is 0 Å². The smallest absolute Gasteiger partial charge is 0.187 e. The molecule has 5 nitrogen and oxygen atoms in total. The fraction of sp³-hybridized carbons (Fsp3) is 0.647. The molecule has 1 aromatic carbocycles. The standard InChI is InChI=1S/C17H24O5/c1-17(2)21-15(16(19)22-17)14(12-8-9-13(12)18)20-10-11-6-4-3-5-7-11/h3-7,12-16,18-19H,8-10H2,1-2H3/t12-,13+,14?,15?,16?/m1/s1. The molecule has 3 rings (SSSR count). The molecule has 3 unspecified atom stereocenters. The maximum atomic E-state index is 10.1. The van der Waals surface area contributed by atoms with Gasteiger partial charge in [0.2, 0.25) is 0 Å². The Hall–Kier alpha value is -0.980. The molecular weight excluding hydrogens is 284 g/mol. The van der Waals surface area contributed by atoms with Crippen LogP contribution >= 0.6 is 0 Å². The van der Waals surface area contributed by atoms with Crippen LogP contribution in [0.5, 0.6) is 0 Å². The van der Waals surface area contributed by atoms with Crippen LogP contribution in [0.4, 0.5) is 0 Å². The molecule has 2 N–H and O–H groups in total. The van der Waals surface area contributed by atoms with E-state index in [1.54, 1.807) is 13.8 Å². The second-order valence-corrected chi connectivity index (χ2v) is 6.56. The molecule has 0 amide bonds. The van der Waals surface area contributed by atoms with Crippen molar-refractivity contribution in [3.05, 3.63) is 35.9 Å². The van der Waals surface area contributed by atoms with E-state index in [0.717, 1.165) is 18.4 Å². The summed E-state index contributed by atoms with van der Waals surface area (Å²) >= 11 is 0. The van der Waals surface area contributed by atoms with Crippen LogP contribution in [0.25, 0.3) is 0 Å². The van der Waals surface area contributed by atoms with Crippen molar-refractivity contribution >= 4 is 0 Å². The SMILES string of the molecule is CC1(C)OC(O)C(C(OCc2ccccc2)[C@@H]2CC[C@@H]2O)O1. The molecule has 0 radical (unpaired) electrons. The number of aliphatic hydroxyl groups excluding tert-OH is 2. The Bertz CT molecular complexity index is 489. The summed E-state index contributed by atoms with van der Waals surface area (Å²) in [5, 5.41) is 20.1. The molecular formula is C17H24O5. The number of ether oxygens (including phenoxy) is 3. The second kappa shape index (κ2) is 6.26. The van der Waals surface area contributed by atoms with Crippen molar-refractivity contribution in [1.82, 2.24) is 0 Å². The molecule has 0 spiro atoms. The Morgan fingerprint density at radius 2 is 1.91 bits per heavy atom. The number of rotatable bonds is 5. The first kappa shape index (κ1) is 15.9. The van der Waals surface area contributed by atoms with Gasteiger partial charge in [-0.3, -0.25) is 0 Å². The van der Waals surface area contributed by atoms with Crippen molar-refractivity contribution in [2.45, 2.75) is 63.7 Å². The monoisotopic (exact) mass is 308 g/mol. The van der Waals surface area contributed by atoms with Crippen LogP contribution in [0.2, 0.25) is 0 Å². The third-order valence-electron chi connectivity index (χ3n) is 4.43. The van der Waals surface area contributed by atoms with Crippen LogP contribution < -0.4 is 0 Å². The molecule has 1 saturated heterocycles. The molecule has 2 aliphatic rings. The highest BCUT2D eigenvalue weighted by Crippen LogP contribution is 2.39. The van der Waals surface area contributed by atoms with Gasteiger partial charge < -0.3 is 24.4 Å². The fourth-order valence-corrected chi connectivity index (χ4v) is 3.12. The topological polar surface area (TPSA) is 68.2 Å². The van der Waals surface area contributed by atoms with Gasteiger partial charge in [-0.15, -0.1) is 0 Å². The highest BCUT2D eigenvalue weighted by atomic mass is 16.8. The first-order chi connectivity index (χ1) is 10.5. The molecule has 0 aromatic heterocycles. The Labute approximate surface area is 130 Å². The van der Waals surface area contributed by atoms with Crippen LogP contribution in [-0.4, -0.2) is 40.6 Å². The van der Waals surface area contributed by atoms with Crippen LogP contribution in [0.1, 0.15) is 32.3 Å². The number of aliphatic hydroxyl groups is 2. The first-order valence-corrected chi connectivity index (χ1v) is 7.83. The zero-order valence-corrected chi connectivity index (χ0v) is 13.0. The lowest BCUT2D eigenvalue weighted by molar-refractivity contribution is -0.182. The van der Waals surface area contributed by atoms with E-state index in [0.29, 0.717) is 6.61 Å². The summed E-state index contributed by atoms with van der Waals surface area (Å²) in [6.45, 7) is 3.95. The molecule has 0 bridgehead atoms. The summed E-state index contributed by atoms with van der Waals surface area (Å²) in [5.74, 6) is -0.867. The molecule has 1 heterocycles. The summed E-state index contributed by atoms with van der Waals surface area (Å²) < 4.78 is 17.3. The molecule has 22 heavy (non-hydrogen) atoms. The van der Waals surface area contributed by atoms with E-state index >= 15 is 0 Å². The van der Waals surface area contributed by atoms with Crippen molar-refractivity contribution in [3.63, 3.8) is 0 Å². The van der Waals surface area contributed by atoms with Gasteiger partial charge in [-0.05, 0) is 32.3 Å². The average Bonchev–Trinajstić information content (AvgIpc) is 2.75. The Morgan fingerprint density at radius 1 is 1.18 bits per heavy atom. The third kappa shape index (κ3) is 3.34. The number of hydrogen-bond acceptors (Lipinski definition) is 5. The van der Waals surface area contributed by atoms with Crippen LogP contribution in [0, 0.1) is 5.92 Å². The van der Waals surface area contributed by atoms with E-state index in [4.69, 9.17) is 14.2 Å². The van der Waals surface area contributed by atoms with Gasteiger partial charge in [0.05, 0.1) is 18.8 Å². The van der Waals surface area contributed by atoms with Gasteiger partial charge >= 0.3 is 0 Å². The van der Waals surface area contributed by atoms with E-state index in [2.05, 4.69) is 0 Å². The lowest BCUT2D eigenvalue weighted by atomic mass is 9.76. The fourth-order valence-electron chi connectivity index (χ4n) is 3.12. The second-order valence-electron chi connectivity index (χ2n) is 6.56. The lowest BCUT2D eigenvalue weighted by Gasteiger charge is -2.41.